The first-order chi connectivity index (χ1) is 10.1. The fourth-order valence-corrected chi connectivity index (χ4v) is 2.54. The fourth-order valence-electron chi connectivity index (χ4n) is 2.11. The second-order valence-electron chi connectivity index (χ2n) is 4.91. The molecule has 0 saturated heterocycles. The molecule has 5 heteroatoms. The van der Waals surface area contributed by atoms with Gasteiger partial charge in [-0.15, -0.1) is 0 Å². The van der Waals surface area contributed by atoms with Crippen LogP contribution in [0.3, 0.4) is 0 Å². The van der Waals surface area contributed by atoms with Crippen molar-refractivity contribution in [3.05, 3.63) is 69.5 Å². The first kappa shape index (κ1) is 14.0. The van der Waals surface area contributed by atoms with Gasteiger partial charge in [0, 0.05) is 5.56 Å². The Morgan fingerprint density at radius 2 is 1.86 bits per heavy atom. The van der Waals surface area contributed by atoms with E-state index in [4.69, 9.17) is 23.8 Å². The molecule has 0 spiro atoms. The van der Waals surface area contributed by atoms with E-state index < -0.39 is 0 Å². The predicted octanol–water partition coefficient (Wildman–Crippen LogP) is 4.62. The van der Waals surface area contributed by atoms with Crippen LogP contribution >= 0.6 is 23.8 Å². The molecule has 0 saturated carbocycles. The van der Waals surface area contributed by atoms with Crippen LogP contribution in [0.2, 0.25) is 5.02 Å². The molecule has 3 rings (SSSR count). The van der Waals surface area contributed by atoms with E-state index in [1.54, 1.807) is 0 Å². The SMILES string of the molecule is Cc1ccc(Cn2[nH]c(-c3ccccc3Cl)nc2=S)cc1. The lowest BCUT2D eigenvalue weighted by Gasteiger charge is -2.03. The molecule has 1 heterocycles. The zero-order valence-electron chi connectivity index (χ0n) is 11.5. The average Bonchev–Trinajstić information content (AvgIpc) is 2.83. The maximum atomic E-state index is 6.19. The van der Waals surface area contributed by atoms with E-state index in [0.29, 0.717) is 22.2 Å². The van der Waals surface area contributed by atoms with Crippen molar-refractivity contribution in [3.63, 3.8) is 0 Å². The van der Waals surface area contributed by atoms with E-state index >= 15 is 0 Å². The Hall–Kier alpha value is -1.91. The van der Waals surface area contributed by atoms with E-state index in [2.05, 4.69) is 41.3 Å². The van der Waals surface area contributed by atoms with Gasteiger partial charge >= 0.3 is 0 Å². The standard InChI is InChI=1S/C16H14ClN3S/c1-11-6-8-12(9-7-11)10-20-16(21)18-15(19-20)13-4-2-3-5-14(13)17/h2-9H,10H2,1H3,(H,18,19,21). The summed E-state index contributed by atoms with van der Waals surface area (Å²) in [7, 11) is 0. The van der Waals surface area contributed by atoms with Crippen LogP contribution in [0.1, 0.15) is 11.1 Å². The van der Waals surface area contributed by atoms with Crippen molar-refractivity contribution in [1.29, 1.82) is 0 Å². The number of benzene rings is 2. The molecule has 0 unspecified atom stereocenters. The number of aromatic nitrogens is 3. The molecule has 0 bridgehead atoms. The van der Waals surface area contributed by atoms with Crippen LogP contribution in [0.15, 0.2) is 48.5 Å². The van der Waals surface area contributed by atoms with Gasteiger partial charge in [-0.2, -0.15) is 4.98 Å². The summed E-state index contributed by atoms with van der Waals surface area (Å²) < 4.78 is 2.36. The highest BCUT2D eigenvalue weighted by Gasteiger charge is 2.08. The number of hydrogen-bond donors (Lipinski definition) is 1. The van der Waals surface area contributed by atoms with Crippen molar-refractivity contribution >= 4 is 23.8 Å². The summed E-state index contributed by atoms with van der Waals surface area (Å²) in [5.74, 6) is 0.692. The number of rotatable bonds is 3. The monoisotopic (exact) mass is 315 g/mol. The molecule has 1 aromatic heterocycles. The summed E-state index contributed by atoms with van der Waals surface area (Å²) in [6.45, 7) is 2.73. The predicted molar refractivity (Wildman–Crippen MR) is 88.1 cm³/mol. The quantitative estimate of drug-likeness (QED) is 0.716. The number of nitrogens with one attached hydrogen (secondary N) is 1. The Morgan fingerprint density at radius 1 is 1.14 bits per heavy atom. The van der Waals surface area contributed by atoms with Gasteiger partial charge in [-0.05, 0) is 36.8 Å². The number of H-pyrrole nitrogens is 1. The van der Waals surface area contributed by atoms with E-state index in [1.807, 2.05) is 28.9 Å². The minimum atomic E-state index is 0.519. The minimum Gasteiger partial charge on any atom is -0.279 e. The average molecular weight is 316 g/mol. The van der Waals surface area contributed by atoms with Gasteiger partial charge in [0.15, 0.2) is 5.82 Å². The number of aryl methyl sites for hydroxylation is 1. The van der Waals surface area contributed by atoms with Gasteiger partial charge in [0.2, 0.25) is 4.77 Å². The van der Waals surface area contributed by atoms with Crippen molar-refractivity contribution in [3.8, 4) is 11.4 Å². The molecule has 3 nitrogen and oxygen atoms in total. The first-order valence-electron chi connectivity index (χ1n) is 6.61. The van der Waals surface area contributed by atoms with Crippen molar-refractivity contribution in [2.75, 3.05) is 0 Å². The lowest BCUT2D eigenvalue weighted by atomic mass is 10.1. The summed E-state index contributed by atoms with van der Waals surface area (Å²) in [4.78, 5) is 4.39. The lowest BCUT2D eigenvalue weighted by Crippen LogP contribution is -2.02. The maximum Gasteiger partial charge on any atom is 0.216 e. The summed E-state index contributed by atoms with van der Waals surface area (Å²) >= 11 is 11.5. The smallest absolute Gasteiger partial charge is 0.216 e. The van der Waals surface area contributed by atoms with Crippen LogP contribution in [0.25, 0.3) is 11.4 Å². The van der Waals surface area contributed by atoms with Crippen molar-refractivity contribution in [2.45, 2.75) is 13.5 Å². The van der Waals surface area contributed by atoms with Gasteiger partial charge in [-0.25, -0.2) is 0 Å². The van der Waals surface area contributed by atoms with Crippen molar-refractivity contribution < 1.29 is 0 Å². The third-order valence-corrected chi connectivity index (χ3v) is 3.91. The summed E-state index contributed by atoms with van der Waals surface area (Å²) in [6, 6.07) is 15.9. The highest BCUT2D eigenvalue weighted by molar-refractivity contribution is 7.71. The highest BCUT2D eigenvalue weighted by atomic mass is 35.5. The van der Waals surface area contributed by atoms with E-state index in [1.165, 1.54) is 11.1 Å². The zero-order chi connectivity index (χ0) is 14.8. The number of halogens is 1. The van der Waals surface area contributed by atoms with Crippen molar-refractivity contribution in [1.82, 2.24) is 14.8 Å². The third kappa shape index (κ3) is 3.06. The van der Waals surface area contributed by atoms with Crippen LogP contribution < -0.4 is 0 Å². The van der Waals surface area contributed by atoms with Gasteiger partial charge in [0.1, 0.15) is 0 Å². The molecule has 0 radical (unpaired) electrons. The van der Waals surface area contributed by atoms with Crippen LogP contribution in [0.5, 0.6) is 0 Å². The lowest BCUT2D eigenvalue weighted by molar-refractivity contribution is 0.676. The molecule has 2 aromatic carbocycles. The molecule has 0 atom stereocenters. The van der Waals surface area contributed by atoms with Crippen LogP contribution in [-0.4, -0.2) is 14.8 Å². The molecule has 21 heavy (non-hydrogen) atoms. The highest BCUT2D eigenvalue weighted by Crippen LogP contribution is 2.24. The molecule has 0 aliphatic heterocycles. The first-order valence-corrected chi connectivity index (χ1v) is 7.39. The number of nitrogens with zero attached hydrogens (tertiary/aromatic N) is 2. The Labute approximate surface area is 133 Å². The minimum absolute atomic E-state index is 0.519. The van der Waals surface area contributed by atoms with Crippen LogP contribution in [0, 0.1) is 11.7 Å². The Bertz CT molecular complexity index is 818. The van der Waals surface area contributed by atoms with E-state index in [-0.39, 0.29) is 0 Å². The molecule has 1 N–H and O–H groups in total. The Morgan fingerprint density at radius 3 is 2.57 bits per heavy atom. The van der Waals surface area contributed by atoms with Gasteiger partial charge in [0.05, 0.1) is 11.6 Å². The topological polar surface area (TPSA) is 33.6 Å². The molecule has 106 valence electrons. The summed E-state index contributed by atoms with van der Waals surface area (Å²) in [6.07, 6.45) is 0. The second kappa shape index (κ2) is 5.84. The van der Waals surface area contributed by atoms with Crippen molar-refractivity contribution in [2.24, 2.45) is 0 Å². The molecule has 0 aliphatic rings. The summed E-state index contributed by atoms with van der Waals surface area (Å²) in [5, 5.41) is 3.87. The van der Waals surface area contributed by atoms with Crippen LogP contribution in [-0.2, 0) is 6.54 Å². The normalized spacial score (nSPS) is 10.8. The molecule has 0 amide bonds. The van der Waals surface area contributed by atoms with E-state index in [9.17, 15) is 0 Å². The third-order valence-electron chi connectivity index (χ3n) is 3.27. The van der Waals surface area contributed by atoms with Gasteiger partial charge in [0.25, 0.3) is 0 Å². The molecule has 0 aliphatic carbocycles. The Kier molecular flexibility index (Phi) is 3.90. The molecular weight excluding hydrogens is 302 g/mol. The number of aromatic amines is 1. The van der Waals surface area contributed by atoms with Gasteiger partial charge in [-0.3, -0.25) is 9.78 Å². The second-order valence-corrected chi connectivity index (χ2v) is 5.68. The largest absolute Gasteiger partial charge is 0.279 e. The van der Waals surface area contributed by atoms with Crippen LogP contribution in [0.4, 0.5) is 0 Å². The molecular formula is C16H14ClN3S. The zero-order valence-corrected chi connectivity index (χ0v) is 13.1. The van der Waals surface area contributed by atoms with Gasteiger partial charge in [-0.1, -0.05) is 53.6 Å². The summed E-state index contributed by atoms with van der Waals surface area (Å²) in [5.41, 5.74) is 3.27. The molecule has 3 aromatic rings. The Balaban J connectivity index is 1.93. The van der Waals surface area contributed by atoms with Gasteiger partial charge < -0.3 is 0 Å². The van der Waals surface area contributed by atoms with E-state index in [0.717, 1.165) is 5.56 Å². The molecule has 0 fully saturated rings. The number of hydrogen-bond acceptors (Lipinski definition) is 2. The fraction of sp³-hybridized carbons (Fsp3) is 0.125. The maximum absolute atomic E-state index is 6.19.